The second-order valence-corrected chi connectivity index (χ2v) is 5.97. The van der Waals surface area contributed by atoms with Gasteiger partial charge in [-0.1, -0.05) is 18.2 Å². The highest BCUT2D eigenvalue weighted by molar-refractivity contribution is 7.17. The van der Waals surface area contributed by atoms with Gasteiger partial charge in [-0.2, -0.15) is 0 Å². The van der Waals surface area contributed by atoms with Gasteiger partial charge in [0.15, 0.2) is 0 Å². The zero-order valence-electron chi connectivity index (χ0n) is 12.0. The number of hydrogen-bond donors (Lipinski definition) is 2. The van der Waals surface area contributed by atoms with E-state index in [2.05, 4.69) is 5.32 Å². The quantitative estimate of drug-likeness (QED) is 0.751. The third kappa shape index (κ3) is 3.49. The third-order valence-electron chi connectivity index (χ3n) is 3.30. The summed E-state index contributed by atoms with van der Waals surface area (Å²) >= 11 is 1.20. The number of benzene rings is 1. The molecule has 3 aromatic rings. The molecule has 0 aliphatic carbocycles. The largest absolute Gasteiger partial charge is 0.467 e. The lowest BCUT2D eigenvalue weighted by molar-refractivity contribution is 0.0905. The zero-order valence-corrected chi connectivity index (χ0v) is 12.8. The van der Waals surface area contributed by atoms with E-state index >= 15 is 0 Å². The van der Waals surface area contributed by atoms with Crippen LogP contribution < -0.4 is 5.32 Å². The number of amides is 1. The van der Waals surface area contributed by atoms with Gasteiger partial charge in [0.05, 0.1) is 17.7 Å². The molecule has 0 aliphatic heterocycles. The Bertz CT molecular complexity index is 798. The van der Waals surface area contributed by atoms with Crippen LogP contribution in [0, 0.1) is 5.82 Å². The first-order valence-electron chi connectivity index (χ1n) is 6.99. The first-order chi connectivity index (χ1) is 11.1. The van der Waals surface area contributed by atoms with E-state index < -0.39 is 6.10 Å². The van der Waals surface area contributed by atoms with Crippen molar-refractivity contribution in [2.24, 2.45) is 0 Å². The van der Waals surface area contributed by atoms with E-state index in [0.29, 0.717) is 21.1 Å². The highest BCUT2D eigenvalue weighted by Gasteiger charge is 2.15. The predicted octanol–water partition coefficient (Wildman–Crippen LogP) is 3.61. The third-order valence-corrected chi connectivity index (χ3v) is 4.41. The summed E-state index contributed by atoms with van der Waals surface area (Å²) in [6, 6.07) is 13.1. The molecule has 2 aromatic heterocycles. The molecule has 0 saturated heterocycles. The van der Waals surface area contributed by atoms with E-state index in [9.17, 15) is 14.3 Å². The molecular weight excluding hydrogens is 317 g/mol. The maximum atomic E-state index is 13.8. The lowest BCUT2D eigenvalue weighted by Crippen LogP contribution is -2.27. The summed E-state index contributed by atoms with van der Waals surface area (Å²) in [6.07, 6.45) is 0.556. The van der Waals surface area contributed by atoms with E-state index in [1.165, 1.54) is 23.7 Å². The zero-order chi connectivity index (χ0) is 16.2. The number of halogens is 1. The minimum atomic E-state index is -0.903. The average molecular weight is 331 g/mol. The summed E-state index contributed by atoms with van der Waals surface area (Å²) in [6.45, 7) is 0.0410. The van der Waals surface area contributed by atoms with Crippen LogP contribution in [0.4, 0.5) is 4.39 Å². The molecule has 0 saturated carbocycles. The van der Waals surface area contributed by atoms with Crippen LogP contribution in [0.2, 0.25) is 0 Å². The van der Waals surface area contributed by atoms with Crippen LogP contribution >= 0.6 is 11.3 Å². The number of carbonyl (C=O) groups is 1. The van der Waals surface area contributed by atoms with E-state index in [1.807, 2.05) is 0 Å². The first-order valence-corrected chi connectivity index (χ1v) is 7.81. The Morgan fingerprint density at radius 1 is 1.22 bits per heavy atom. The van der Waals surface area contributed by atoms with Crippen molar-refractivity contribution in [3.63, 3.8) is 0 Å². The molecule has 0 spiro atoms. The topological polar surface area (TPSA) is 62.5 Å². The van der Waals surface area contributed by atoms with E-state index in [-0.39, 0.29) is 18.3 Å². The van der Waals surface area contributed by atoms with Gasteiger partial charge in [-0.15, -0.1) is 11.3 Å². The molecule has 3 rings (SSSR count). The van der Waals surface area contributed by atoms with E-state index in [0.717, 1.165) is 0 Å². The summed E-state index contributed by atoms with van der Waals surface area (Å²) in [7, 11) is 0. The van der Waals surface area contributed by atoms with Crippen molar-refractivity contribution >= 4 is 17.2 Å². The molecule has 0 aliphatic rings. The Balaban J connectivity index is 1.66. The Labute approximate surface area is 136 Å². The van der Waals surface area contributed by atoms with Crippen molar-refractivity contribution in [3.05, 3.63) is 71.2 Å². The molecule has 0 radical (unpaired) electrons. The lowest BCUT2D eigenvalue weighted by Gasteiger charge is -2.08. The summed E-state index contributed by atoms with van der Waals surface area (Å²) in [5, 5.41) is 12.5. The molecule has 23 heavy (non-hydrogen) atoms. The fraction of sp³-hybridized carbons (Fsp3) is 0.118. The van der Waals surface area contributed by atoms with Crippen molar-refractivity contribution in [1.82, 2.24) is 5.32 Å². The van der Waals surface area contributed by atoms with Crippen LogP contribution in [-0.4, -0.2) is 17.6 Å². The summed E-state index contributed by atoms with van der Waals surface area (Å²) in [4.78, 5) is 13.2. The predicted molar refractivity (Wildman–Crippen MR) is 85.7 cm³/mol. The van der Waals surface area contributed by atoms with Crippen LogP contribution in [0.25, 0.3) is 10.4 Å². The Kier molecular flexibility index (Phi) is 4.55. The molecule has 0 fully saturated rings. The van der Waals surface area contributed by atoms with Crippen LogP contribution in [0.5, 0.6) is 0 Å². The van der Waals surface area contributed by atoms with Gasteiger partial charge in [-0.25, -0.2) is 4.39 Å². The smallest absolute Gasteiger partial charge is 0.261 e. The normalized spacial score (nSPS) is 12.1. The fourth-order valence-electron chi connectivity index (χ4n) is 2.12. The van der Waals surface area contributed by atoms with Gasteiger partial charge < -0.3 is 14.8 Å². The second-order valence-electron chi connectivity index (χ2n) is 4.88. The molecule has 0 bridgehead atoms. The van der Waals surface area contributed by atoms with Crippen molar-refractivity contribution in [1.29, 1.82) is 0 Å². The fourth-order valence-corrected chi connectivity index (χ4v) is 3.07. The van der Waals surface area contributed by atoms with Gasteiger partial charge >= 0.3 is 0 Å². The van der Waals surface area contributed by atoms with Crippen LogP contribution in [0.3, 0.4) is 0 Å². The average Bonchev–Trinajstić information content (AvgIpc) is 3.24. The summed E-state index contributed by atoms with van der Waals surface area (Å²) in [5.74, 6) is -0.249. The SMILES string of the molecule is O=C(NCC(O)c1ccco1)c1ccc(-c2ccccc2F)s1. The van der Waals surface area contributed by atoms with E-state index in [1.54, 1.807) is 42.5 Å². The summed E-state index contributed by atoms with van der Waals surface area (Å²) in [5.41, 5.74) is 0.465. The van der Waals surface area contributed by atoms with Crippen LogP contribution in [-0.2, 0) is 0 Å². The van der Waals surface area contributed by atoms with Crippen molar-refractivity contribution < 1.29 is 18.7 Å². The summed E-state index contributed by atoms with van der Waals surface area (Å²) < 4.78 is 18.8. The molecule has 4 nitrogen and oxygen atoms in total. The standard InChI is InChI=1S/C17H14FNO3S/c18-12-5-2-1-4-11(12)15-7-8-16(23-15)17(21)19-10-13(20)14-6-3-9-22-14/h1-9,13,20H,10H2,(H,19,21). The second kappa shape index (κ2) is 6.76. The highest BCUT2D eigenvalue weighted by Crippen LogP contribution is 2.30. The molecule has 2 N–H and O–H groups in total. The van der Waals surface area contributed by atoms with Crippen molar-refractivity contribution in [2.75, 3.05) is 6.54 Å². The number of furan rings is 1. The van der Waals surface area contributed by atoms with Crippen LogP contribution in [0.15, 0.2) is 59.2 Å². The maximum Gasteiger partial charge on any atom is 0.261 e. The molecular formula is C17H14FNO3S. The Morgan fingerprint density at radius 2 is 2.04 bits per heavy atom. The highest BCUT2D eigenvalue weighted by atomic mass is 32.1. The molecule has 1 aromatic carbocycles. The molecule has 1 unspecified atom stereocenters. The monoisotopic (exact) mass is 331 g/mol. The Hall–Kier alpha value is -2.44. The Morgan fingerprint density at radius 3 is 2.78 bits per heavy atom. The lowest BCUT2D eigenvalue weighted by atomic mass is 10.2. The van der Waals surface area contributed by atoms with Crippen molar-refractivity contribution in [2.45, 2.75) is 6.10 Å². The first kappa shape index (κ1) is 15.5. The van der Waals surface area contributed by atoms with Gasteiger partial charge in [0.2, 0.25) is 0 Å². The molecule has 2 heterocycles. The van der Waals surface area contributed by atoms with Crippen LogP contribution in [0.1, 0.15) is 21.5 Å². The van der Waals surface area contributed by atoms with Gasteiger partial charge in [-0.3, -0.25) is 4.79 Å². The molecule has 118 valence electrons. The number of rotatable bonds is 5. The minimum Gasteiger partial charge on any atom is -0.467 e. The van der Waals surface area contributed by atoms with Gasteiger partial charge in [0.1, 0.15) is 17.7 Å². The number of hydrogen-bond acceptors (Lipinski definition) is 4. The molecule has 1 amide bonds. The van der Waals surface area contributed by atoms with Gasteiger partial charge in [-0.05, 0) is 30.3 Å². The number of nitrogens with one attached hydrogen (secondary N) is 1. The number of aliphatic hydroxyl groups excluding tert-OH is 1. The van der Waals surface area contributed by atoms with E-state index in [4.69, 9.17) is 4.42 Å². The molecule has 1 atom stereocenters. The number of aliphatic hydroxyl groups is 1. The number of thiophene rings is 1. The molecule has 6 heteroatoms. The van der Waals surface area contributed by atoms with Gasteiger partial charge in [0, 0.05) is 10.4 Å². The van der Waals surface area contributed by atoms with Crippen molar-refractivity contribution in [3.8, 4) is 10.4 Å². The van der Waals surface area contributed by atoms with Gasteiger partial charge in [0.25, 0.3) is 5.91 Å². The minimum absolute atomic E-state index is 0.0410. The number of carbonyl (C=O) groups excluding carboxylic acids is 1. The maximum absolute atomic E-state index is 13.8.